The molecule has 0 fully saturated rings. The van der Waals surface area contributed by atoms with Crippen LogP contribution in [0.4, 0.5) is 0 Å². The van der Waals surface area contributed by atoms with E-state index in [2.05, 4.69) is 89.6 Å². The van der Waals surface area contributed by atoms with E-state index in [1.807, 2.05) is 48.5 Å². The van der Waals surface area contributed by atoms with Crippen LogP contribution in [-0.2, 0) is 0 Å². The summed E-state index contributed by atoms with van der Waals surface area (Å²) in [4.78, 5) is 39.9. The van der Waals surface area contributed by atoms with E-state index in [0.717, 1.165) is 170 Å². The van der Waals surface area contributed by atoms with Crippen LogP contribution in [0.25, 0.3) is 89.7 Å². The third-order valence-corrected chi connectivity index (χ3v) is 15.9. The molecule has 0 radical (unpaired) electrons. The lowest BCUT2D eigenvalue weighted by Crippen LogP contribution is -2.11. The maximum absolute atomic E-state index is 6.85. The Morgan fingerprint density at radius 2 is 0.671 bits per heavy atom. The lowest BCUT2D eigenvalue weighted by molar-refractivity contribution is 0.234. The molecule has 0 spiro atoms. The highest BCUT2D eigenvalue weighted by atomic mass is 16.5. The first-order valence-electron chi connectivity index (χ1n) is 29.2. The van der Waals surface area contributed by atoms with Crippen molar-refractivity contribution >= 4 is 44.1 Å². The van der Waals surface area contributed by atoms with E-state index in [1.165, 1.54) is 0 Å². The lowest BCUT2D eigenvalue weighted by Gasteiger charge is -2.17. The van der Waals surface area contributed by atoms with Gasteiger partial charge in [-0.3, -0.25) is 0 Å². The van der Waals surface area contributed by atoms with Gasteiger partial charge in [-0.2, -0.15) is 0 Å². The van der Waals surface area contributed by atoms with Gasteiger partial charge in [0.15, 0.2) is 23.3 Å². The number of ether oxygens (including phenoxy) is 4. The van der Waals surface area contributed by atoms with Gasteiger partial charge in [0.1, 0.15) is 45.6 Å². The first kappa shape index (κ1) is 54.2. The zero-order valence-corrected chi connectivity index (χ0v) is 46.7. The van der Waals surface area contributed by atoms with Crippen LogP contribution in [0.5, 0.6) is 23.0 Å². The molecule has 402 valence electrons. The summed E-state index contributed by atoms with van der Waals surface area (Å²) in [5.41, 5.74) is 5.61. The van der Waals surface area contributed by atoms with Crippen LogP contribution < -0.4 is 18.9 Å². The first-order valence-corrected chi connectivity index (χ1v) is 29.2. The molecule has 8 bridgehead atoms. The van der Waals surface area contributed by atoms with Gasteiger partial charge in [0, 0.05) is 21.9 Å². The van der Waals surface area contributed by atoms with Crippen LogP contribution in [0.2, 0.25) is 0 Å². The Kier molecular flexibility index (Phi) is 18.5. The summed E-state index contributed by atoms with van der Waals surface area (Å²) in [5, 5.41) is 3.36. The van der Waals surface area contributed by atoms with E-state index in [4.69, 9.17) is 48.9 Å². The lowest BCUT2D eigenvalue weighted by atomic mass is 10.0. The number of fused-ring (bicyclic) bond motifs is 20. The molecule has 76 heavy (non-hydrogen) atoms. The van der Waals surface area contributed by atoms with E-state index < -0.39 is 0 Å². The van der Waals surface area contributed by atoms with E-state index in [1.54, 1.807) is 0 Å². The van der Waals surface area contributed by atoms with Crippen molar-refractivity contribution in [2.75, 3.05) is 26.4 Å². The average Bonchev–Trinajstić information content (AvgIpc) is 4.23. The smallest absolute Gasteiger partial charge is 0.168 e. The number of nitrogens with zero attached hydrogens (tertiary/aromatic N) is 6. The fourth-order valence-corrected chi connectivity index (χ4v) is 10.8. The van der Waals surface area contributed by atoms with Crippen molar-refractivity contribution in [2.24, 2.45) is 23.7 Å². The Hall–Kier alpha value is -6.56. The van der Waals surface area contributed by atoms with Gasteiger partial charge in [-0.1, -0.05) is 181 Å². The molecule has 0 saturated heterocycles. The number of hydrogen-bond donors (Lipinski definition) is 2. The molecular formula is C64H82N8O4. The second-order valence-corrected chi connectivity index (χ2v) is 21.2. The van der Waals surface area contributed by atoms with E-state index in [-0.39, 0.29) is 0 Å². The summed E-state index contributed by atoms with van der Waals surface area (Å²) in [6.45, 7) is 20.4. The summed E-state index contributed by atoms with van der Waals surface area (Å²) in [6.07, 6.45) is 17.8. The van der Waals surface area contributed by atoms with Crippen molar-refractivity contribution in [2.45, 2.75) is 158 Å². The van der Waals surface area contributed by atoms with E-state index in [9.17, 15) is 0 Å². The van der Waals surface area contributed by atoms with Crippen LogP contribution in [0.1, 0.15) is 158 Å². The zero-order chi connectivity index (χ0) is 53.0. The number of H-pyrrole nitrogens is 2. The standard InChI is InChI=1S/C64H82N8O4/c1-9-17-25-41(13-5)37-73-49-33-21-29-45-53(49)61-66-57(45)65-58-46-30-22-35-51(75-39-43(15-7)27-19-11-3)55(46)63(67-58)72-64-56-48(32-24-36-52(56)76-40-44(16-8)28-20-12-4)60(71-64)70-62-54-47(59(68-61)69-62)31-23-34-50(54)74-38-42(14-6)26-18-10-2/h21-24,29-36,41-44H,9-20,25-28,37-40H2,1-8H3,(H2,65,66,67,68,69,70,71,72). The van der Waals surface area contributed by atoms with Crippen molar-refractivity contribution in [3.8, 4) is 68.5 Å². The van der Waals surface area contributed by atoms with Gasteiger partial charge < -0.3 is 28.9 Å². The number of unbranched alkanes of at least 4 members (excludes halogenated alkanes) is 4. The third-order valence-electron chi connectivity index (χ3n) is 15.9. The largest absolute Gasteiger partial charge is 0.493 e. The van der Waals surface area contributed by atoms with Crippen LogP contribution in [0, 0.1) is 23.7 Å². The number of aromatic amines is 2. The van der Waals surface area contributed by atoms with Gasteiger partial charge in [-0.15, -0.1) is 0 Å². The highest BCUT2D eigenvalue weighted by Gasteiger charge is 2.28. The molecule has 4 aromatic carbocycles. The average molecular weight is 1030 g/mol. The number of benzene rings is 4. The highest BCUT2D eigenvalue weighted by Crippen LogP contribution is 2.45. The van der Waals surface area contributed by atoms with E-state index >= 15 is 0 Å². The molecule has 12 heteroatoms. The molecule has 9 rings (SSSR count). The third kappa shape index (κ3) is 12.0. The Morgan fingerprint density at radius 3 is 1.04 bits per heavy atom. The van der Waals surface area contributed by atoms with Crippen molar-refractivity contribution in [1.82, 2.24) is 39.9 Å². The van der Waals surface area contributed by atoms with Crippen LogP contribution in [0.15, 0.2) is 72.8 Å². The van der Waals surface area contributed by atoms with Crippen LogP contribution in [-0.4, -0.2) is 66.3 Å². The van der Waals surface area contributed by atoms with Gasteiger partial charge in [0.05, 0.1) is 48.3 Å². The quantitative estimate of drug-likeness (QED) is 0.0486. The van der Waals surface area contributed by atoms with Crippen molar-refractivity contribution in [3.05, 3.63) is 72.8 Å². The predicted octanol–water partition coefficient (Wildman–Crippen LogP) is 17.2. The molecule has 12 nitrogen and oxygen atoms in total. The summed E-state index contributed by atoms with van der Waals surface area (Å²) in [6, 6.07) is 24.6. The molecule has 0 saturated carbocycles. The summed E-state index contributed by atoms with van der Waals surface area (Å²) in [5.74, 6) is 6.61. The van der Waals surface area contributed by atoms with Crippen molar-refractivity contribution in [3.63, 3.8) is 0 Å². The Balaban J connectivity index is 1.33. The maximum atomic E-state index is 6.85. The van der Waals surface area contributed by atoms with Crippen LogP contribution >= 0.6 is 0 Å². The van der Waals surface area contributed by atoms with Gasteiger partial charge in [-0.05, 0) is 73.6 Å². The second kappa shape index (κ2) is 26.0. The highest BCUT2D eigenvalue weighted by molar-refractivity contribution is 6.10. The molecule has 2 aliphatic heterocycles. The molecule has 2 N–H and O–H groups in total. The zero-order valence-electron chi connectivity index (χ0n) is 46.7. The molecule has 0 amide bonds. The molecule has 4 atom stereocenters. The van der Waals surface area contributed by atoms with Gasteiger partial charge in [0.25, 0.3) is 0 Å². The first-order chi connectivity index (χ1) is 37.3. The minimum Gasteiger partial charge on any atom is -0.493 e. The maximum Gasteiger partial charge on any atom is 0.168 e. The Bertz CT molecular complexity index is 3240. The van der Waals surface area contributed by atoms with E-state index in [0.29, 0.717) is 96.0 Å². The topological polar surface area (TPSA) is 146 Å². The fraction of sp³-hybridized carbons (Fsp3) is 0.500. The molecule has 4 unspecified atom stereocenters. The van der Waals surface area contributed by atoms with Gasteiger partial charge in [0.2, 0.25) is 0 Å². The van der Waals surface area contributed by atoms with Gasteiger partial charge >= 0.3 is 0 Å². The summed E-state index contributed by atoms with van der Waals surface area (Å²) < 4.78 is 27.4. The van der Waals surface area contributed by atoms with Crippen LogP contribution in [0.3, 0.4) is 0 Å². The number of nitrogens with one attached hydrogen (secondary N) is 2. The molecule has 0 aliphatic carbocycles. The Labute approximate surface area is 450 Å². The number of rotatable bonds is 28. The molecular weight excluding hydrogens is 945 g/mol. The predicted molar refractivity (Wildman–Crippen MR) is 311 cm³/mol. The molecule has 3 aromatic heterocycles. The SMILES string of the molecule is CCCCC(CC)COc1cccc2c1-c1nc-2nc2[nH]c(nc3nc(nc4[nH]c(n1)c1cccc(OCC(CC)CCCC)c41)-c1cccc(OCC(CC)CCCC)c1-3)c1c(OCC(CC)CCCC)cccc21. The fourth-order valence-electron chi connectivity index (χ4n) is 10.8. The monoisotopic (exact) mass is 1030 g/mol. The molecule has 5 heterocycles. The van der Waals surface area contributed by atoms with Crippen molar-refractivity contribution < 1.29 is 18.9 Å². The van der Waals surface area contributed by atoms with Gasteiger partial charge in [-0.25, -0.2) is 29.9 Å². The number of aromatic nitrogens is 8. The minimum absolute atomic E-state index is 0.417. The summed E-state index contributed by atoms with van der Waals surface area (Å²) >= 11 is 0. The second-order valence-electron chi connectivity index (χ2n) is 21.2. The minimum atomic E-state index is 0.417. The number of hydrogen-bond acceptors (Lipinski definition) is 10. The summed E-state index contributed by atoms with van der Waals surface area (Å²) in [7, 11) is 0. The Morgan fingerprint density at radius 1 is 0.355 bits per heavy atom. The molecule has 7 aromatic rings. The molecule has 2 aliphatic rings. The normalized spacial score (nSPS) is 13.6. The van der Waals surface area contributed by atoms with Crippen molar-refractivity contribution in [1.29, 1.82) is 0 Å².